The van der Waals surface area contributed by atoms with Gasteiger partial charge in [0.15, 0.2) is 6.61 Å². The zero-order valence-corrected chi connectivity index (χ0v) is 18.6. The predicted octanol–water partition coefficient (Wildman–Crippen LogP) is 5.16. The average molecular weight is 487 g/mol. The van der Waals surface area contributed by atoms with Crippen molar-refractivity contribution in [3.63, 3.8) is 0 Å². The normalized spacial score (nSPS) is 10.0. The molecule has 0 fully saturated rings. The smallest absolute Gasteiger partial charge is 0.335 e. The molecule has 0 saturated carbocycles. The molecule has 2 aromatic rings. The van der Waals surface area contributed by atoms with Crippen molar-refractivity contribution in [1.82, 2.24) is 0 Å². The van der Waals surface area contributed by atoms with E-state index in [4.69, 9.17) is 41.6 Å². The van der Waals surface area contributed by atoms with Crippen LogP contribution in [-0.4, -0.2) is 34.1 Å². The predicted molar refractivity (Wildman–Crippen MR) is 115 cm³/mol. The lowest BCUT2D eigenvalue weighted by molar-refractivity contribution is -0.141. The minimum Gasteiger partial charge on any atom is -0.450 e. The van der Waals surface area contributed by atoms with Crippen LogP contribution >= 0.6 is 23.2 Å². The van der Waals surface area contributed by atoms with E-state index >= 15 is 0 Å². The van der Waals surface area contributed by atoms with Crippen molar-refractivity contribution in [2.45, 2.75) is 13.3 Å². The summed E-state index contributed by atoms with van der Waals surface area (Å²) in [7, 11) is 0. The molecule has 2 aromatic carbocycles. The van der Waals surface area contributed by atoms with Gasteiger partial charge in [0, 0.05) is 18.8 Å². The molecule has 0 heterocycles. The highest BCUT2D eigenvalue weighted by Gasteiger charge is 2.09. The minimum absolute atomic E-state index is 0.0828. The Morgan fingerprint density at radius 1 is 1.19 bits per heavy atom. The number of nitrogens with zero attached hydrogens (tertiary/aromatic N) is 4. The van der Waals surface area contributed by atoms with Gasteiger partial charge in [-0.3, -0.25) is 4.79 Å². The van der Waals surface area contributed by atoms with Crippen LogP contribution in [0.25, 0.3) is 0 Å². The van der Waals surface area contributed by atoms with Gasteiger partial charge in [0.2, 0.25) is 0 Å². The molecule has 0 amide bonds. The van der Waals surface area contributed by atoms with Gasteiger partial charge in [-0.2, -0.15) is 18.8 Å². The summed E-state index contributed by atoms with van der Waals surface area (Å²) in [4.78, 5) is 13.5. The first-order chi connectivity index (χ1) is 14.9. The van der Waals surface area contributed by atoms with Crippen molar-refractivity contribution < 1.29 is 22.3 Å². The molecule has 0 N–H and O–H groups in total. The number of ether oxygens (including phenoxy) is 1. The van der Waals surface area contributed by atoms with Crippen LogP contribution in [0, 0.1) is 17.1 Å². The highest BCUT2D eigenvalue weighted by molar-refractivity contribution is 7.51. The Hall–Kier alpha value is -2.87. The van der Waals surface area contributed by atoms with Crippen LogP contribution in [0.1, 0.15) is 13.3 Å². The molecule has 0 bridgehead atoms. The van der Waals surface area contributed by atoms with Crippen LogP contribution in [0.3, 0.4) is 0 Å². The molecule has 0 atom stereocenters. The molecule has 0 spiro atoms. The molecular weight excluding hydrogens is 470 g/mol. The van der Waals surface area contributed by atoms with E-state index in [1.165, 1.54) is 6.07 Å². The summed E-state index contributed by atoms with van der Waals surface area (Å²) in [6, 6.07) is 11.4. The molecule has 164 valence electrons. The Morgan fingerprint density at radius 2 is 1.84 bits per heavy atom. The molecule has 0 unspecified atom stereocenters. The molecule has 31 heavy (non-hydrogen) atoms. The summed E-state index contributed by atoms with van der Waals surface area (Å²) in [6.07, 6.45) is 0.181. The Morgan fingerprint density at radius 3 is 2.42 bits per heavy atom. The summed E-state index contributed by atoms with van der Waals surface area (Å²) in [5.41, 5.74) is 1.74. The zero-order chi connectivity index (χ0) is 23.2. The average Bonchev–Trinajstić information content (AvgIpc) is 2.75. The molecule has 0 aliphatic heterocycles. The van der Waals surface area contributed by atoms with Crippen molar-refractivity contribution in [3.8, 4) is 6.07 Å². The number of benzene rings is 2. The van der Waals surface area contributed by atoms with Crippen molar-refractivity contribution in [2.75, 3.05) is 24.6 Å². The van der Waals surface area contributed by atoms with E-state index in [1.54, 1.807) is 18.2 Å². The van der Waals surface area contributed by atoms with Crippen LogP contribution < -0.4 is 4.90 Å². The lowest BCUT2D eigenvalue weighted by atomic mass is 10.2. The van der Waals surface area contributed by atoms with E-state index < -0.39 is 23.4 Å². The SMILES string of the molecule is CCN(CCC(=O)OCC#N)c1ccc(N=Nc2cc(Cl)c(F)cc2Cl)cc1.O=S=O. The summed E-state index contributed by atoms with van der Waals surface area (Å²) >= 11 is 10.9. The Kier molecular flexibility index (Phi) is 12.0. The number of nitriles is 1. The second-order valence-corrected chi connectivity index (χ2v) is 6.60. The van der Waals surface area contributed by atoms with Crippen LogP contribution in [0.15, 0.2) is 46.6 Å². The second-order valence-electron chi connectivity index (χ2n) is 5.65. The lowest BCUT2D eigenvalue weighted by Gasteiger charge is -2.22. The first kappa shape index (κ1) is 26.2. The van der Waals surface area contributed by atoms with Gasteiger partial charge in [-0.1, -0.05) is 23.2 Å². The standard InChI is InChI=1S/C19H17Cl2FN4O2.O2S/c1-2-26(9-7-19(27)28-10-8-23)14-5-3-13(4-6-14)24-25-18-12-15(20)17(22)11-16(18)21;1-3-2/h3-6,11-12H,2,7,9-10H2,1H3;. The lowest BCUT2D eigenvalue weighted by Crippen LogP contribution is -2.26. The summed E-state index contributed by atoms with van der Waals surface area (Å²) in [6.45, 7) is 2.88. The van der Waals surface area contributed by atoms with Gasteiger partial charge in [-0.25, -0.2) is 4.39 Å². The van der Waals surface area contributed by atoms with Crippen molar-refractivity contribution in [3.05, 3.63) is 52.3 Å². The third-order valence-electron chi connectivity index (χ3n) is 3.74. The Balaban J connectivity index is 0.00000151. The van der Waals surface area contributed by atoms with E-state index in [-0.39, 0.29) is 28.8 Å². The van der Waals surface area contributed by atoms with E-state index in [1.807, 2.05) is 24.0 Å². The minimum atomic E-state index is -0.750. The van der Waals surface area contributed by atoms with Gasteiger partial charge in [0.1, 0.15) is 17.6 Å². The molecule has 0 aliphatic rings. The number of anilines is 1. The molecule has 0 aromatic heterocycles. The van der Waals surface area contributed by atoms with Gasteiger partial charge in [0.05, 0.1) is 22.2 Å². The van der Waals surface area contributed by atoms with Crippen molar-refractivity contribution in [1.29, 1.82) is 5.26 Å². The number of carbonyl (C=O) groups is 1. The van der Waals surface area contributed by atoms with Gasteiger partial charge < -0.3 is 9.64 Å². The summed E-state index contributed by atoms with van der Waals surface area (Å²) in [5.74, 6) is -1.04. The van der Waals surface area contributed by atoms with Crippen molar-refractivity contribution in [2.24, 2.45) is 10.2 Å². The maximum Gasteiger partial charge on any atom is 0.335 e. The quantitative estimate of drug-likeness (QED) is 0.289. The van der Waals surface area contributed by atoms with E-state index in [0.29, 0.717) is 18.8 Å². The number of azo groups is 1. The molecular formula is C19H17Cl2FN4O4S. The fourth-order valence-electron chi connectivity index (χ4n) is 2.31. The van der Waals surface area contributed by atoms with E-state index in [9.17, 15) is 9.18 Å². The van der Waals surface area contributed by atoms with Gasteiger partial charge in [-0.05, 0) is 43.3 Å². The highest BCUT2D eigenvalue weighted by atomic mass is 35.5. The monoisotopic (exact) mass is 486 g/mol. The number of rotatable bonds is 8. The molecule has 12 heteroatoms. The number of hydrogen-bond acceptors (Lipinski definition) is 8. The molecule has 2 rings (SSSR count). The first-order valence-electron chi connectivity index (χ1n) is 8.71. The van der Waals surface area contributed by atoms with Crippen LogP contribution in [-0.2, 0) is 21.1 Å². The number of esters is 1. The summed E-state index contributed by atoms with van der Waals surface area (Å²) in [5, 5.41) is 16.5. The van der Waals surface area contributed by atoms with Gasteiger partial charge in [0.25, 0.3) is 0 Å². The maximum absolute atomic E-state index is 13.3. The number of halogens is 3. The highest BCUT2D eigenvalue weighted by Crippen LogP contribution is 2.32. The fourth-order valence-corrected chi connectivity index (χ4v) is 2.66. The number of hydrogen-bond donors (Lipinski definition) is 0. The topological polar surface area (TPSA) is 112 Å². The van der Waals surface area contributed by atoms with E-state index in [0.717, 1.165) is 11.8 Å². The largest absolute Gasteiger partial charge is 0.450 e. The maximum atomic E-state index is 13.3. The first-order valence-corrected chi connectivity index (χ1v) is 10.1. The molecule has 0 aliphatic carbocycles. The third-order valence-corrected chi connectivity index (χ3v) is 4.34. The fraction of sp³-hybridized carbons (Fsp3) is 0.263. The molecule has 8 nitrogen and oxygen atoms in total. The third kappa shape index (κ3) is 9.21. The van der Waals surface area contributed by atoms with Crippen LogP contribution in [0.5, 0.6) is 0 Å². The number of carbonyl (C=O) groups excluding carboxylic acids is 1. The zero-order valence-electron chi connectivity index (χ0n) is 16.3. The molecule has 0 radical (unpaired) electrons. The van der Waals surface area contributed by atoms with Crippen LogP contribution in [0.2, 0.25) is 10.0 Å². The second kappa shape index (κ2) is 14.2. The Bertz CT molecular complexity index is 994. The van der Waals surface area contributed by atoms with Crippen molar-refractivity contribution >= 4 is 57.8 Å². The van der Waals surface area contributed by atoms with Gasteiger partial charge in [-0.15, -0.1) is 5.11 Å². The van der Waals surface area contributed by atoms with E-state index in [2.05, 4.69) is 10.2 Å². The Labute approximate surface area is 191 Å². The van der Waals surface area contributed by atoms with Crippen LogP contribution in [0.4, 0.5) is 21.5 Å². The molecule has 0 saturated heterocycles. The van der Waals surface area contributed by atoms with Gasteiger partial charge >= 0.3 is 17.5 Å². The summed E-state index contributed by atoms with van der Waals surface area (Å²) < 4.78 is 34.6.